The van der Waals surface area contributed by atoms with Gasteiger partial charge < -0.3 is 4.74 Å². The van der Waals surface area contributed by atoms with Gasteiger partial charge >= 0.3 is 0 Å². The molecule has 0 aromatic heterocycles. The summed E-state index contributed by atoms with van der Waals surface area (Å²) >= 11 is 5.89. The van der Waals surface area contributed by atoms with E-state index in [1.807, 2.05) is 6.07 Å². The van der Waals surface area contributed by atoms with Crippen molar-refractivity contribution < 1.29 is 9.13 Å². The Labute approximate surface area is 109 Å². The van der Waals surface area contributed by atoms with Gasteiger partial charge in [0.2, 0.25) is 0 Å². The maximum Gasteiger partial charge on any atom is 0.146 e. The first kappa shape index (κ1) is 12.4. The molecule has 4 heteroatoms. The Hall–Kier alpha value is -2.05. The molecular formula is C14H9ClFNO. The van der Waals surface area contributed by atoms with Gasteiger partial charge in [0.1, 0.15) is 28.9 Å². The van der Waals surface area contributed by atoms with Crippen LogP contribution in [0.25, 0.3) is 0 Å². The second kappa shape index (κ2) is 5.07. The first-order valence-corrected chi connectivity index (χ1v) is 5.62. The van der Waals surface area contributed by atoms with Crippen molar-refractivity contribution in [3.05, 3.63) is 58.4 Å². The summed E-state index contributed by atoms with van der Waals surface area (Å²) in [5.41, 5.74) is 1.02. The minimum absolute atomic E-state index is 0.239. The smallest absolute Gasteiger partial charge is 0.146 e. The summed E-state index contributed by atoms with van der Waals surface area (Å²) in [6.07, 6.45) is 0. The summed E-state index contributed by atoms with van der Waals surface area (Å²) in [6.45, 7) is 1.80. The number of rotatable bonds is 2. The van der Waals surface area contributed by atoms with Gasteiger partial charge in [-0.1, -0.05) is 23.7 Å². The average molecular weight is 262 g/mol. The molecule has 0 heterocycles. The highest BCUT2D eigenvalue weighted by molar-refractivity contribution is 6.31. The molecule has 0 saturated heterocycles. The van der Waals surface area contributed by atoms with E-state index in [0.717, 1.165) is 5.56 Å². The van der Waals surface area contributed by atoms with E-state index < -0.39 is 5.82 Å². The van der Waals surface area contributed by atoms with Crippen LogP contribution in [-0.2, 0) is 0 Å². The lowest BCUT2D eigenvalue weighted by Gasteiger charge is -2.10. The lowest BCUT2D eigenvalue weighted by molar-refractivity contribution is 0.471. The van der Waals surface area contributed by atoms with Crippen LogP contribution < -0.4 is 4.74 Å². The molecule has 0 aliphatic heterocycles. The average Bonchev–Trinajstić information content (AvgIpc) is 2.34. The van der Waals surface area contributed by atoms with Gasteiger partial charge in [0, 0.05) is 6.07 Å². The van der Waals surface area contributed by atoms with Crippen LogP contribution in [0.3, 0.4) is 0 Å². The lowest BCUT2D eigenvalue weighted by atomic mass is 10.2. The van der Waals surface area contributed by atoms with Gasteiger partial charge in [0.15, 0.2) is 0 Å². The molecule has 90 valence electrons. The number of nitriles is 1. The summed E-state index contributed by atoms with van der Waals surface area (Å²) in [5.74, 6) is 0.295. The van der Waals surface area contributed by atoms with Crippen LogP contribution >= 0.6 is 11.6 Å². The van der Waals surface area contributed by atoms with Gasteiger partial charge in [-0.25, -0.2) is 4.39 Å². The molecule has 0 spiro atoms. The van der Waals surface area contributed by atoms with Gasteiger partial charge in [0.05, 0.1) is 5.02 Å². The number of hydrogen-bond donors (Lipinski definition) is 0. The highest BCUT2D eigenvalue weighted by Crippen LogP contribution is 2.31. The number of benzene rings is 2. The molecule has 0 radical (unpaired) electrons. The first-order chi connectivity index (χ1) is 8.61. The molecule has 0 fully saturated rings. The molecule has 2 rings (SSSR count). The van der Waals surface area contributed by atoms with Gasteiger partial charge in [-0.3, -0.25) is 0 Å². The second-order valence-corrected chi connectivity index (χ2v) is 4.14. The van der Waals surface area contributed by atoms with Crippen LogP contribution in [0.15, 0.2) is 36.4 Å². The summed E-state index contributed by atoms with van der Waals surface area (Å²) in [5, 5.41) is 9.32. The summed E-state index contributed by atoms with van der Waals surface area (Å²) in [7, 11) is 0. The van der Waals surface area contributed by atoms with Crippen molar-refractivity contribution in [2.75, 3.05) is 0 Å². The normalized spacial score (nSPS) is 9.89. The zero-order valence-electron chi connectivity index (χ0n) is 9.58. The van der Waals surface area contributed by atoms with Crippen LogP contribution in [0.5, 0.6) is 11.5 Å². The van der Waals surface area contributed by atoms with Crippen LogP contribution in [0.4, 0.5) is 4.39 Å². The maximum atomic E-state index is 13.1. The highest BCUT2D eigenvalue weighted by Gasteiger charge is 2.10. The van der Waals surface area contributed by atoms with Gasteiger partial charge in [-0.15, -0.1) is 0 Å². The summed E-state index contributed by atoms with van der Waals surface area (Å²) in [4.78, 5) is 0. The Morgan fingerprint density at radius 1 is 1.22 bits per heavy atom. The Bertz CT molecular complexity index is 634. The van der Waals surface area contributed by atoms with Gasteiger partial charge in [0.25, 0.3) is 0 Å². The quantitative estimate of drug-likeness (QED) is 0.800. The molecule has 0 bridgehead atoms. The van der Waals surface area contributed by atoms with Crippen LogP contribution in [-0.4, -0.2) is 0 Å². The van der Waals surface area contributed by atoms with E-state index in [1.54, 1.807) is 31.2 Å². The largest absolute Gasteiger partial charge is 0.456 e. The Morgan fingerprint density at radius 2 is 2.00 bits per heavy atom. The SMILES string of the molecule is Cc1ccc(F)cc1Oc1cccc(Cl)c1C#N. The third kappa shape index (κ3) is 2.44. The van der Waals surface area contributed by atoms with Gasteiger partial charge in [-0.2, -0.15) is 5.26 Å². The predicted octanol–water partition coefficient (Wildman–Crippen LogP) is 4.45. The third-order valence-electron chi connectivity index (χ3n) is 2.46. The van der Waals surface area contributed by atoms with Crippen molar-refractivity contribution in [1.29, 1.82) is 5.26 Å². The molecule has 0 aliphatic carbocycles. The van der Waals surface area contributed by atoms with Crippen molar-refractivity contribution in [3.63, 3.8) is 0 Å². The van der Waals surface area contributed by atoms with E-state index >= 15 is 0 Å². The monoisotopic (exact) mass is 261 g/mol. The lowest BCUT2D eigenvalue weighted by Crippen LogP contribution is -1.92. The topological polar surface area (TPSA) is 33.0 Å². The van der Waals surface area contributed by atoms with Crippen molar-refractivity contribution in [1.82, 2.24) is 0 Å². The molecule has 2 aromatic carbocycles. The maximum absolute atomic E-state index is 13.1. The fourth-order valence-electron chi connectivity index (χ4n) is 1.50. The second-order valence-electron chi connectivity index (χ2n) is 3.74. The fraction of sp³-hybridized carbons (Fsp3) is 0.0714. The summed E-state index contributed by atoms with van der Waals surface area (Å²) in [6, 6.07) is 11.1. The third-order valence-corrected chi connectivity index (χ3v) is 2.77. The first-order valence-electron chi connectivity index (χ1n) is 5.24. The predicted molar refractivity (Wildman–Crippen MR) is 67.4 cm³/mol. The number of hydrogen-bond acceptors (Lipinski definition) is 2. The molecular weight excluding hydrogens is 253 g/mol. The Balaban J connectivity index is 2.44. The van der Waals surface area contributed by atoms with Crippen LogP contribution in [0, 0.1) is 24.1 Å². The molecule has 0 saturated carbocycles. The van der Waals surface area contributed by atoms with Crippen molar-refractivity contribution in [3.8, 4) is 17.6 Å². The van der Waals surface area contributed by atoms with Gasteiger partial charge in [-0.05, 0) is 30.7 Å². The van der Waals surface area contributed by atoms with Crippen molar-refractivity contribution >= 4 is 11.6 Å². The molecule has 0 amide bonds. The molecule has 18 heavy (non-hydrogen) atoms. The van der Waals surface area contributed by atoms with Crippen LogP contribution in [0.1, 0.15) is 11.1 Å². The van der Waals surface area contributed by atoms with Crippen LogP contribution in [0.2, 0.25) is 5.02 Å². The Morgan fingerprint density at radius 3 is 2.72 bits per heavy atom. The van der Waals surface area contributed by atoms with E-state index in [4.69, 9.17) is 21.6 Å². The molecule has 2 aromatic rings. The van der Waals surface area contributed by atoms with E-state index in [0.29, 0.717) is 16.5 Å². The number of nitrogens with zero attached hydrogens (tertiary/aromatic N) is 1. The fourth-order valence-corrected chi connectivity index (χ4v) is 1.71. The molecule has 0 aliphatic rings. The summed E-state index contributed by atoms with van der Waals surface area (Å²) < 4.78 is 18.7. The van der Waals surface area contributed by atoms with E-state index in [2.05, 4.69) is 0 Å². The standard InChI is InChI=1S/C14H9ClFNO/c1-9-5-6-10(16)7-14(9)18-13-4-2-3-12(15)11(13)8-17/h2-7H,1H3. The van der Waals surface area contributed by atoms with Crippen molar-refractivity contribution in [2.45, 2.75) is 6.92 Å². The van der Waals surface area contributed by atoms with E-state index in [-0.39, 0.29) is 5.56 Å². The number of halogens is 2. The van der Waals surface area contributed by atoms with E-state index in [1.165, 1.54) is 12.1 Å². The van der Waals surface area contributed by atoms with Crippen molar-refractivity contribution in [2.24, 2.45) is 0 Å². The molecule has 2 nitrogen and oxygen atoms in total. The Kier molecular flexibility index (Phi) is 3.50. The molecule has 0 unspecified atom stereocenters. The zero-order chi connectivity index (χ0) is 13.1. The molecule has 0 N–H and O–H groups in total. The minimum atomic E-state index is -0.392. The zero-order valence-corrected chi connectivity index (χ0v) is 10.3. The molecule has 0 atom stereocenters. The highest BCUT2D eigenvalue weighted by atomic mass is 35.5. The number of ether oxygens (including phenoxy) is 1. The minimum Gasteiger partial charge on any atom is -0.456 e. The number of aryl methyl sites for hydroxylation is 1. The van der Waals surface area contributed by atoms with E-state index in [9.17, 15) is 4.39 Å².